The largest absolute Gasteiger partial charge is 0.479 e. The molecule has 1 atom stereocenters. The van der Waals surface area contributed by atoms with Crippen molar-refractivity contribution in [2.75, 3.05) is 0 Å². The second-order valence-corrected chi connectivity index (χ2v) is 5.06. The van der Waals surface area contributed by atoms with Gasteiger partial charge in [0.1, 0.15) is 0 Å². The summed E-state index contributed by atoms with van der Waals surface area (Å²) in [6.07, 6.45) is -4.54. The first-order chi connectivity index (χ1) is 11.7. The summed E-state index contributed by atoms with van der Waals surface area (Å²) >= 11 is 0. The molecule has 2 rings (SSSR count). The van der Waals surface area contributed by atoms with Gasteiger partial charge in [-0.15, -0.1) is 0 Å². The Hall–Kier alpha value is -3.34. The molecule has 0 radical (unpaired) electrons. The van der Waals surface area contributed by atoms with Crippen molar-refractivity contribution in [3.8, 4) is 6.07 Å². The van der Waals surface area contributed by atoms with Gasteiger partial charge in [0, 0.05) is 5.56 Å². The smallest absolute Gasteiger partial charge is 0.416 e. The van der Waals surface area contributed by atoms with E-state index in [0.29, 0.717) is 0 Å². The first-order valence-corrected chi connectivity index (χ1v) is 6.93. The predicted octanol–water partition coefficient (Wildman–Crippen LogP) is 3.13. The number of aliphatic carboxylic acids is 1. The van der Waals surface area contributed by atoms with Gasteiger partial charge in [-0.1, -0.05) is 18.2 Å². The van der Waals surface area contributed by atoms with E-state index in [1.807, 2.05) is 6.07 Å². The van der Waals surface area contributed by atoms with Crippen LogP contribution in [0.4, 0.5) is 13.2 Å². The van der Waals surface area contributed by atoms with Crippen LogP contribution in [-0.2, 0) is 11.0 Å². The Morgan fingerprint density at radius 2 is 1.76 bits per heavy atom. The van der Waals surface area contributed by atoms with Gasteiger partial charge in [0.2, 0.25) is 0 Å². The average Bonchev–Trinajstić information content (AvgIpc) is 2.58. The molecule has 1 amide bonds. The second-order valence-electron chi connectivity index (χ2n) is 5.06. The molecule has 0 saturated heterocycles. The number of alkyl halides is 3. The van der Waals surface area contributed by atoms with E-state index in [4.69, 9.17) is 5.26 Å². The van der Waals surface area contributed by atoms with Gasteiger partial charge in [-0.2, -0.15) is 18.4 Å². The van der Waals surface area contributed by atoms with E-state index in [9.17, 15) is 27.9 Å². The summed E-state index contributed by atoms with van der Waals surface area (Å²) in [5.74, 6) is -2.19. The number of halogens is 3. The quantitative estimate of drug-likeness (QED) is 0.888. The number of carbonyl (C=O) groups is 2. The summed E-state index contributed by atoms with van der Waals surface area (Å²) < 4.78 is 37.7. The molecule has 0 aliphatic carbocycles. The number of carboxylic acid groups (broad SMARTS) is 1. The summed E-state index contributed by atoms with van der Waals surface area (Å²) in [5.41, 5.74) is -0.648. The number of amides is 1. The zero-order valence-corrected chi connectivity index (χ0v) is 12.5. The monoisotopic (exact) mass is 348 g/mol. The van der Waals surface area contributed by atoms with Crippen LogP contribution in [0.15, 0.2) is 48.5 Å². The fraction of sp³-hybridized carbons (Fsp3) is 0.118. The number of hydrogen-bond donors (Lipinski definition) is 2. The zero-order chi connectivity index (χ0) is 18.6. The number of carbonyl (C=O) groups excluding carboxylic acids is 1. The number of carboxylic acids is 1. The molecule has 0 spiro atoms. The molecule has 1 unspecified atom stereocenters. The van der Waals surface area contributed by atoms with Crippen LogP contribution in [-0.4, -0.2) is 17.0 Å². The number of nitrogens with one attached hydrogen (secondary N) is 1. The molecule has 25 heavy (non-hydrogen) atoms. The highest BCUT2D eigenvalue weighted by Gasteiger charge is 2.31. The van der Waals surface area contributed by atoms with Gasteiger partial charge in [-0.3, -0.25) is 4.79 Å². The lowest BCUT2D eigenvalue weighted by Gasteiger charge is -2.16. The van der Waals surface area contributed by atoms with Crippen molar-refractivity contribution in [3.05, 3.63) is 70.8 Å². The molecule has 2 N–H and O–H groups in total. The molecule has 0 bridgehead atoms. The van der Waals surface area contributed by atoms with Crippen molar-refractivity contribution in [2.45, 2.75) is 12.2 Å². The van der Waals surface area contributed by atoms with Crippen molar-refractivity contribution in [2.24, 2.45) is 0 Å². The maximum absolute atomic E-state index is 12.6. The summed E-state index contributed by atoms with van der Waals surface area (Å²) in [4.78, 5) is 23.5. The van der Waals surface area contributed by atoms with Gasteiger partial charge in [0.15, 0.2) is 6.04 Å². The fourth-order valence-electron chi connectivity index (χ4n) is 2.10. The van der Waals surface area contributed by atoms with E-state index < -0.39 is 29.7 Å². The van der Waals surface area contributed by atoms with Gasteiger partial charge in [0.25, 0.3) is 5.91 Å². The molecule has 0 aromatic heterocycles. The molecule has 0 heterocycles. The van der Waals surface area contributed by atoms with E-state index in [1.165, 1.54) is 24.3 Å². The second kappa shape index (κ2) is 7.05. The molecule has 8 heteroatoms. The normalized spacial score (nSPS) is 12.1. The SMILES string of the molecule is N#Cc1cccc(C(=O)NC(C(=O)O)c2ccc(C(F)(F)F)cc2)c1. The van der Waals surface area contributed by atoms with Crippen LogP contribution in [0.2, 0.25) is 0 Å². The Kier molecular flexibility index (Phi) is 5.08. The van der Waals surface area contributed by atoms with Crippen LogP contribution in [0.5, 0.6) is 0 Å². The van der Waals surface area contributed by atoms with Gasteiger partial charge in [0.05, 0.1) is 17.2 Å². The lowest BCUT2D eigenvalue weighted by Crippen LogP contribution is -2.33. The van der Waals surface area contributed by atoms with Crippen molar-refractivity contribution in [1.82, 2.24) is 5.32 Å². The summed E-state index contributed by atoms with van der Waals surface area (Å²) in [6.45, 7) is 0. The maximum atomic E-state index is 12.6. The Morgan fingerprint density at radius 1 is 1.12 bits per heavy atom. The summed E-state index contributed by atoms with van der Waals surface area (Å²) in [6, 6.07) is 9.40. The van der Waals surface area contributed by atoms with Crippen LogP contribution in [0.25, 0.3) is 0 Å². The van der Waals surface area contributed by atoms with Crippen molar-refractivity contribution < 1.29 is 27.9 Å². The lowest BCUT2D eigenvalue weighted by atomic mass is 10.0. The number of benzene rings is 2. The minimum absolute atomic E-state index is 0.00899. The highest BCUT2D eigenvalue weighted by Crippen LogP contribution is 2.30. The molecule has 128 valence electrons. The molecular formula is C17H11F3N2O3. The van der Waals surface area contributed by atoms with E-state index in [2.05, 4.69) is 5.32 Å². The minimum atomic E-state index is -4.54. The van der Waals surface area contributed by atoms with Gasteiger partial charge in [-0.05, 0) is 35.9 Å². The topological polar surface area (TPSA) is 90.2 Å². The van der Waals surface area contributed by atoms with Gasteiger partial charge in [-0.25, -0.2) is 4.79 Å². The van der Waals surface area contributed by atoms with Gasteiger partial charge >= 0.3 is 12.1 Å². The average molecular weight is 348 g/mol. The molecule has 0 aliphatic heterocycles. The Morgan fingerprint density at radius 3 is 2.28 bits per heavy atom. The first-order valence-electron chi connectivity index (χ1n) is 6.93. The van der Waals surface area contributed by atoms with Gasteiger partial charge < -0.3 is 10.4 Å². The van der Waals surface area contributed by atoms with E-state index in [-0.39, 0.29) is 16.7 Å². The predicted molar refractivity (Wildman–Crippen MR) is 80.4 cm³/mol. The summed E-state index contributed by atoms with van der Waals surface area (Å²) in [7, 11) is 0. The molecule has 0 fully saturated rings. The third-order valence-electron chi connectivity index (χ3n) is 3.35. The van der Waals surface area contributed by atoms with Crippen LogP contribution >= 0.6 is 0 Å². The number of nitriles is 1. The zero-order valence-electron chi connectivity index (χ0n) is 12.5. The molecule has 0 aliphatic rings. The van der Waals surface area contributed by atoms with E-state index in [0.717, 1.165) is 24.3 Å². The third-order valence-corrected chi connectivity index (χ3v) is 3.35. The fourth-order valence-corrected chi connectivity index (χ4v) is 2.10. The van der Waals surface area contributed by atoms with Crippen LogP contribution in [0, 0.1) is 11.3 Å². The highest BCUT2D eigenvalue weighted by molar-refractivity contribution is 5.97. The number of rotatable bonds is 4. The van der Waals surface area contributed by atoms with Crippen LogP contribution in [0.1, 0.15) is 33.1 Å². The Labute approximate surface area is 140 Å². The molecule has 5 nitrogen and oxygen atoms in total. The molecule has 2 aromatic rings. The molecule has 2 aromatic carbocycles. The first kappa shape index (κ1) is 18.0. The summed E-state index contributed by atoms with van der Waals surface area (Å²) in [5, 5.41) is 20.3. The Bertz CT molecular complexity index is 839. The van der Waals surface area contributed by atoms with Crippen LogP contribution < -0.4 is 5.32 Å². The molecule has 0 saturated carbocycles. The standard InChI is InChI=1S/C17H11F3N2O3/c18-17(19,20)13-6-4-11(5-7-13)14(16(24)25)22-15(23)12-3-1-2-10(8-12)9-21/h1-8,14H,(H,22,23)(H,24,25). The highest BCUT2D eigenvalue weighted by atomic mass is 19.4. The minimum Gasteiger partial charge on any atom is -0.479 e. The number of nitrogens with zero attached hydrogens (tertiary/aromatic N) is 1. The van der Waals surface area contributed by atoms with Crippen LogP contribution in [0.3, 0.4) is 0 Å². The molecular weight excluding hydrogens is 337 g/mol. The lowest BCUT2D eigenvalue weighted by molar-refractivity contribution is -0.139. The van der Waals surface area contributed by atoms with E-state index >= 15 is 0 Å². The Balaban J connectivity index is 2.25. The van der Waals surface area contributed by atoms with Crippen molar-refractivity contribution in [1.29, 1.82) is 5.26 Å². The van der Waals surface area contributed by atoms with Crippen molar-refractivity contribution in [3.63, 3.8) is 0 Å². The van der Waals surface area contributed by atoms with E-state index in [1.54, 1.807) is 0 Å². The maximum Gasteiger partial charge on any atom is 0.416 e. The third kappa shape index (κ3) is 4.35. The number of hydrogen-bond acceptors (Lipinski definition) is 3. The van der Waals surface area contributed by atoms with Crippen molar-refractivity contribution >= 4 is 11.9 Å².